The molecule has 4 heteroatoms. The Labute approximate surface area is 97.2 Å². The predicted molar refractivity (Wildman–Crippen MR) is 60.2 cm³/mol. The molecule has 1 saturated heterocycles. The Bertz CT molecular complexity index is 207. The van der Waals surface area contributed by atoms with Crippen molar-refractivity contribution in [2.75, 3.05) is 13.7 Å². The van der Waals surface area contributed by atoms with Gasteiger partial charge in [-0.3, -0.25) is 4.79 Å². The molecule has 0 N–H and O–H groups in total. The van der Waals surface area contributed by atoms with Crippen LogP contribution in [0.1, 0.15) is 39.5 Å². The minimum Gasteiger partial charge on any atom is -0.469 e. The monoisotopic (exact) mass is 230 g/mol. The number of methoxy groups -OCH3 is 1. The topological polar surface area (TPSA) is 44.8 Å². The second kappa shape index (κ2) is 6.86. The number of esters is 1. The Hall–Kier alpha value is -0.610. The molecular formula is C12H22O4. The quantitative estimate of drug-likeness (QED) is 0.534. The molecule has 1 rings (SSSR count). The van der Waals surface area contributed by atoms with Gasteiger partial charge >= 0.3 is 5.97 Å². The van der Waals surface area contributed by atoms with Gasteiger partial charge in [-0.1, -0.05) is 0 Å². The fraction of sp³-hybridized carbons (Fsp3) is 0.917. The maximum absolute atomic E-state index is 10.9. The molecule has 0 aromatic rings. The van der Waals surface area contributed by atoms with E-state index >= 15 is 0 Å². The van der Waals surface area contributed by atoms with Crippen molar-refractivity contribution in [1.29, 1.82) is 0 Å². The normalized spacial score (nSPS) is 30.1. The summed E-state index contributed by atoms with van der Waals surface area (Å²) in [6.07, 6.45) is 3.88. The van der Waals surface area contributed by atoms with E-state index in [1.165, 1.54) is 7.11 Å². The molecule has 0 saturated carbocycles. The molecule has 0 bridgehead atoms. The third kappa shape index (κ3) is 4.94. The van der Waals surface area contributed by atoms with Crippen LogP contribution >= 0.6 is 0 Å². The first-order chi connectivity index (χ1) is 7.61. The fourth-order valence-electron chi connectivity index (χ4n) is 2.05. The van der Waals surface area contributed by atoms with Crippen LogP contribution in [0.5, 0.6) is 0 Å². The van der Waals surface area contributed by atoms with Gasteiger partial charge in [-0.05, 0) is 33.1 Å². The summed E-state index contributed by atoms with van der Waals surface area (Å²) in [4.78, 5) is 10.9. The Morgan fingerprint density at radius 3 is 2.50 bits per heavy atom. The van der Waals surface area contributed by atoms with Gasteiger partial charge in [0.1, 0.15) is 0 Å². The van der Waals surface area contributed by atoms with Gasteiger partial charge in [-0.25, -0.2) is 0 Å². The van der Waals surface area contributed by atoms with Crippen LogP contribution in [0.25, 0.3) is 0 Å². The van der Waals surface area contributed by atoms with E-state index in [-0.39, 0.29) is 24.3 Å². The lowest BCUT2D eigenvalue weighted by Crippen LogP contribution is -2.34. The number of carbonyl (C=O) groups is 1. The van der Waals surface area contributed by atoms with Crippen molar-refractivity contribution in [1.82, 2.24) is 0 Å². The van der Waals surface area contributed by atoms with Gasteiger partial charge in [0.05, 0.1) is 25.4 Å². The fourth-order valence-corrected chi connectivity index (χ4v) is 2.05. The Balaban J connectivity index is 2.10. The molecule has 0 aromatic heterocycles. The van der Waals surface area contributed by atoms with Crippen molar-refractivity contribution < 1.29 is 19.0 Å². The molecule has 94 valence electrons. The minimum absolute atomic E-state index is 0.169. The largest absolute Gasteiger partial charge is 0.469 e. The van der Waals surface area contributed by atoms with E-state index in [0.29, 0.717) is 13.0 Å². The van der Waals surface area contributed by atoms with Gasteiger partial charge in [0.25, 0.3) is 0 Å². The van der Waals surface area contributed by atoms with E-state index in [4.69, 9.17) is 9.47 Å². The van der Waals surface area contributed by atoms with Gasteiger partial charge in [-0.15, -0.1) is 0 Å². The first-order valence-electron chi connectivity index (χ1n) is 5.95. The van der Waals surface area contributed by atoms with E-state index in [2.05, 4.69) is 18.6 Å². The molecule has 1 aliphatic rings. The third-order valence-corrected chi connectivity index (χ3v) is 2.76. The van der Waals surface area contributed by atoms with E-state index in [9.17, 15) is 4.79 Å². The van der Waals surface area contributed by atoms with Crippen molar-refractivity contribution in [2.24, 2.45) is 0 Å². The van der Waals surface area contributed by atoms with Gasteiger partial charge in [0.15, 0.2) is 0 Å². The summed E-state index contributed by atoms with van der Waals surface area (Å²) in [5, 5.41) is 0. The highest BCUT2D eigenvalue weighted by molar-refractivity contribution is 5.68. The summed E-state index contributed by atoms with van der Waals surface area (Å²) in [7, 11) is 1.41. The molecule has 1 aliphatic heterocycles. The summed E-state index contributed by atoms with van der Waals surface area (Å²) < 4.78 is 15.9. The van der Waals surface area contributed by atoms with Crippen molar-refractivity contribution in [3.05, 3.63) is 0 Å². The summed E-state index contributed by atoms with van der Waals surface area (Å²) in [6, 6.07) is 0. The summed E-state index contributed by atoms with van der Waals surface area (Å²) >= 11 is 0. The molecule has 2 unspecified atom stereocenters. The summed E-state index contributed by atoms with van der Waals surface area (Å²) in [5.74, 6) is -0.169. The zero-order valence-corrected chi connectivity index (χ0v) is 10.4. The standard InChI is InChI=1S/C12H22O4/c1-9-7-11(8-10(2)16-9)15-6-4-5-12(13)14-3/h9-11H,4-8H2,1-3H3. The average molecular weight is 230 g/mol. The Morgan fingerprint density at radius 1 is 1.31 bits per heavy atom. The van der Waals surface area contributed by atoms with Crippen LogP contribution in [0.3, 0.4) is 0 Å². The summed E-state index contributed by atoms with van der Waals surface area (Å²) in [6.45, 7) is 4.76. The van der Waals surface area contributed by atoms with Gasteiger partial charge in [0.2, 0.25) is 0 Å². The number of hydrogen-bond acceptors (Lipinski definition) is 4. The van der Waals surface area contributed by atoms with E-state index in [1.54, 1.807) is 0 Å². The zero-order chi connectivity index (χ0) is 12.0. The first kappa shape index (κ1) is 13.5. The van der Waals surface area contributed by atoms with E-state index in [1.807, 2.05) is 0 Å². The molecule has 16 heavy (non-hydrogen) atoms. The molecule has 0 amide bonds. The molecule has 0 aliphatic carbocycles. The SMILES string of the molecule is COC(=O)CCCOC1CC(C)OC(C)C1. The second-order valence-electron chi connectivity index (χ2n) is 4.40. The molecule has 0 spiro atoms. The van der Waals surface area contributed by atoms with E-state index < -0.39 is 0 Å². The van der Waals surface area contributed by atoms with Crippen LogP contribution in [0.15, 0.2) is 0 Å². The van der Waals surface area contributed by atoms with Crippen LogP contribution in [0.2, 0.25) is 0 Å². The molecule has 1 fully saturated rings. The lowest BCUT2D eigenvalue weighted by Gasteiger charge is -2.31. The van der Waals surface area contributed by atoms with E-state index in [0.717, 1.165) is 19.3 Å². The number of hydrogen-bond donors (Lipinski definition) is 0. The van der Waals surface area contributed by atoms with Gasteiger partial charge in [0, 0.05) is 13.0 Å². The maximum Gasteiger partial charge on any atom is 0.305 e. The van der Waals surface area contributed by atoms with Crippen LogP contribution in [-0.2, 0) is 19.0 Å². The van der Waals surface area contributed by atoms with Crippen molar-refractivity contribution >= 4 is 5.97 Å². The lowest BCUT2D eigenvalue weighted by molar-refractivity contribution is -0.141. The second-order valence-corrected chi connectivity index (χ2v) is 4.40. The maximum atomic E-state index is 10.9. The third-order valence-electron chi connectivity index (χ3n) is 2.76. The van der Waals surface area contributed by atoms with Crippen LogP contribution in [-0.4, -0.2) is 38.0 Å². The highest BCUT2D eigenvalue weighted by Crippen LogP contribution is 2.21. The Kier molecular flexibility index (Phi) is 5.77. The van der Waals surface area contributed by atoms with Gasteiger partial charge in [-0.2, -0.15) is 0 Å². The highest BCUT2D eigenvalue weighted by atomic mass is 16.5. The highest BCUT2D eigenvalue weighted by Gasteiger charge is 2.24. The van der Waals surface area contributed by atoms with Crippen LogP contribution in [0.4, 0.5) is 0 Å². The zero-order valence-electron chi connectivity index (χ0n) is 10.4. The van der Waals surface area contributed by atoms with Crippen molar-refractivity contribution in [3.63, 3.8) is 0 Å². The average Bonchev–Trinajstić information content (AvgIpc) is 2.22. The molecule has 0 radical (unpaired) electrons. The number of rotatable bonds is 5. The first-order valence-corrected chi connectivity index (χ1v) is 5.95. The van der Waals surface area contributed by atoms with Crippen LogP contribution in [0, 0.1) is 0 Å². The van der Waals surface area contributed by atoms with Crippen molar-refractivity contribution in [2.45, 2.75) is 57.8 Å². The Morgan fingerprint density at radius 2 is 1.94 bits per heavy atom. The predicted octanol–water partition coefficient (Wildman–Crippen LogP) is 1.91. The van der Waals surface area contributed by atoms with Crippen molar-refractivity contribution in [3.8, 4) is 0 Å². The molecule has 4 nitrogen and oxygen atoms in total. The van der Waals surface area contributed by atoms with Gasteiger partial charge < -0.3 is 14.2 Å². The summed E-state index contributed by atoms with van der Waals surface area (Å²) in [5.41, 5.74) is 0. The number of carbonyl (C=O) groups excluding carboxylic acids is 1. The minimum atomic E-state index is -0.169. The molecule has 1 heterocycles. The molecule has 0 aromatic carbocycles. The van der Waals surface area contributed by atoms with Crippen LogP contribution < -0.4 is 0 Å². The smallest absolute Gasteiger partial charge is 0.305 e. The molecule has 2 atom stereocenters. The number of ether oxygens (including phenoxy) is 3. The molecular weight excluding hydrogens is 208 g/mol. The lowest BCUT2D eigenvalue weighted by atomic mass is 10.0.